The van der Waals surface area contributed by atoms with E-state index < -0.39 is 0 Å². The second-order valence-corrected chi connectivity index (χ2v) is 2.63. The average Bonchev–Trinajstić information content (AvgIpc) is 2.33. The summed E-state index contributed by atoms with van der Waals surface area (Å²) in [5, 5.41) is 9.18. The molecule has 1 heterocycles. The van der Waals surface area contributed by atoms with Gasteiger partial charge in [-0.1, -0.05) is 6.08 Å². The molecule has 10 heavy (non-hydrogen) atoms. The molecular formula is C7H10N2O. The summed E-state index contributed by atoms with van der Waals surface area (Å²) in [7, 11) is 0. The molecule has 1 unspecified atom stereocenters. The van der Waals surface area contributed by atoms with Crippen LogP contribution in [0.5, 0.6) is 0 Å². The summed E-state index contributed by atoms with van der Waals surface area (Å²) < 4.78 is 0. The minimum absolute atomic E-state index is 0.277. The molecule has 0 amide bonds. The zero-order chi connectivity index (χ0) is 6.97. The van der Waals surface area contributed by atoms with Crippen LogP contribution in [0, 0.1) is 0 Å². The summed E-state index contributed by atoms with van der Waals surface area (Å²) >= 11 is 0. The van der Waals surface area contributed by atoms with Crippen molar-refractivity contribution in [1.29, 1.82) is 0 Å². The highest BCUT2D eigenvalue weighted by molar-refractivity contribution is 5.33. The molecule has 54 valence electrons. The molecule has 0 saturated heterocycles. The molecular weight excluding hydrogens is 128 g/mol. The number of hydrogen-bond acceptors (Lipinski definition) is 3. The van der Waals surface area contributed by atoms with Gasteiger partial charge in [-0.05, 0) is 11.6 Å². The Labute approximate surface area is 59.4 Å². The lowest BCUT2D eigenvalue weighted by molar-refractivity contribution is 0.221. The Morgan fingerprint density at radius 3 is 3.40 bits per heavy atom. The zero-order valence-corrected chi connectivity index (χ0v) is 5.59. The first-order valence-electron chi connectivity index (χ1n) is 3.43. The van der Waals surface area contributed by atoms with Gasteiger partial charge in [0.05, 0.1) is 6.10 Å². The predicted molar refractivity (Wildman–Crippen MR) is 37.9 cm³/mol. The monoisotopic (exact) mass is 138 g/mol. The topological polar surface area (TPSA) is 44.3 Å². The van der Waals surface area contributed by atoms with Crippen molar-refractivity contribution >= 4 is 0 Å². The third-order valence-corrected chi connectivity index (χ3v) is 1.85. The smallest absolute Gasteiger partial charge is 0.0763 e. The fraction of sp³-hybridized carbons (Fsp3) is 0.429. The molecule has 3 heteroatoms. The summed E-state index contributed by atoms with van der Waals surface area (Å²) in [5.74, 6) is 0. The lowest BCUT2D eigenvalue weighted by Crippen LogP contribution is -2.22. The van der Waals surface area contributed by atoms with Gasteiger partial charge in [-0.15, -0.1) is 0 Å². The van der Waals surface area contributed by atoms with E-state index in [4.69, 9.17) is 0 Å². The Morgan fingerprint density at radius 1 is 1.60 bits per heavy atom. The third-order valence-electron chi connectivity index (χ3n) is 1.85. The van der Waals surface area contributed by atoms with E-state index in [0.29, 0.717) is 0 Å². The van der Waals surface area contributed by atoms with E-state index in [1.807, 2.05) is 6.08 Å². The predicted octanol–water partition coefficient (Wildman–Crippen LogP) is -0.331. The Balaban J connectivity index is 2.22. The SMILES string of the molecule is OC1C=CC2=C(CNN2)C1. The summed E-state index contributed by atoms with van der Waals surface area (Å²) in [6.45, 7) is 0.858. The molecule has 3 nitrogen and oxygen atoms in total. The van der Waals surface area contributed by atoms with E-state index in [0.717, 1.165) is 18.7 Å². The van der Waals surface area contributed by atoms with Gasteiger partial charge in [-0.25, -0.2) is 5.43 Å². The number of hydrazine groups is 1. The number of rotatable bonds is 0. The van der Waals surface area contributed by atoms with Gasteiger partial charge in [0.1, 0.15) is 0 Å². The van der Waals surface area contributed by atoms with Crippen LogP contribution in [0.1, 0.15) is 6.42 Å². The van der Waals surface area contributed by atoms with Crippen molar-refractivity contribution in [3.05, 3.63) is 23.4 Å². The molecule has 0 spiro atoms. The molecule has 0 aromatic rings. The molecule has 0 bridgehead atoms. The first-order chi connectivity index (χ1) is 4.86. The van der Waals surface area contributed by atoms with Gasteiger partial charge in [0.15, 0.2) is 0 Å². The molecule has 1 aliphatic heterocycles. The molecule has 0 aromatic carbocycles. The van der Waals surface area contributed by atoms with Crippen LogP contribution in [0.4, 0.5) is 0 Å². The Morgan fingerprint density at radius 2 is 2.50 bits per heavy atom. The maximum Gasteiger partial charge on any atom is 0.0763 e. The van der Waals surface area contributed by atoms with E-state index in [9.17, 15) is 5.11 Å². The standard InChI is InChI=1S/C7H10N2O/c10-6-1-2-7-5(3-6)4-8-9-7/h1-2,6,8-10H,3-4H2. The number of allylic oxidation sites excluding steroid dienone is 1. The van der Waals surface area contributed by atoms with Gasteiger partial charge in [0, 0.05) is 18.7 Å². The van der Waals surface area contributed by atoms with Crippen molar-refractivity contribution in [3.8, 4) is 0 Å². The Hall–Kier alpha value is -0.800. The largest absolute Gasteiger partial charge is 0.389 e. The number of nitrogens with one attached hydrogen (secondary N) is 2. The van der Waals surface area contributed by atoms with Crippen LogP contribution in [0.15, 0.2) is 23.4 Å². The van der Waals surface area contributed by atoms with Crippen molar-refractivity contribution in [3.63, 3.8) is 0 Å². The fourth-order valence-corrected chi connectivity index (χ4v) is 1.30. The summed E-state index contributed by atoms with van der Waals surface area (Å²) in [4.78, 5) is 0. The van der Waals surface area contributed by atoms with Crippen LogP contribution in [-0.2, 0) is 0 Å². The molecule has 0 saturated carbocycles. The summed E-state index contributed by atoms with van der Waals surface area (Å²) in [6, 6.07) is 0. The first kappa shape index (κ1) is 5.95. The average molecular weight is 138 g/mol. The van der Waals surface area contributed by atoms with Crippen molar-refractivity contribution in [2.45, 2.75) is 12.5 Å². The van der Waals surface area contributed by atoms with Crippen molar-refractivity contribution < 1.29 is 5.11 Å². The molecule has 2 aliphatic rings. The molecule has 0 aromatic heterocycles. The van der Waals surface area contributed by atoms with E-state index in [2.05, 4.69) is 10.9 Å². The summed E-state index contributed by atoms with van der Waals surface area (Å²) in [6.07, 6.45) is 4.22. The highest BCUT2D eigenvalue weighted by Crippen LogP contribution is 2.18. The second-order valence-electron chi connectivity index (χ2n) is 2.63. The summed E-state index contributed by atoms with van der Waals surface area (Å²) in [5.41, 5.74) is 8.41. The fourth-order valence-electron chi connectivity index (χ4n) is 1.30. The van der Waals surface area contributed by atoms with Crippen LogP contribution >= 0.6 is 0 Å². The number of aliphatic hydroxyl groups excluding tert-OH is 1. The van der Waals surface area contributed by atoms with Crippen LogP contribution in [0.3, 0.4) is 0 Å². The second kappa shape index (κ2) is 2.11. The van der Waals surface area contributed by atoms with Gasteiger partial charge < -0.3 is 10.5 Å². The highest BCUT2D eigenvalue weighted by atomic mass is 16.3. The van der Waals surface area contributed by atoms with Gasteiger partial charge in [-0.2, -0.15) is 0 Å². The van der Waals surface area contributed by atoms with E-state index in [1.165, 1.54) is 5.57 Å². The van der Waals surface area contributed by atoms with Crippen molar-refractivity contribution in [2.75, 3.05) is 6.54 Å². The van der Waals surface area contributed by atoms with E-state index in [1.54, 1.807) is 6.08 Å². The maximum atomic E-state index is 9.18. The Kier molecular flexibility index (Phi) is 1.25. The van der Waals surface area contributed by atoms with Crippen LogP contribution < -0.4 is 10.9 Å². The van der Waals surface area contributed by atoms with E-state index >= 15 is 0 Å². The zero-order valence-electron chi connectivity index (χ0n) is 5.59. The van der Waals surface area contributed by atoms with Crippen LogP contribution in [0.2, 0.25) is 0 Å². The number of aliphatic hydroxyl groups is 1. The lowest BCUT2D eigenvalue weighted by Gasteiger charge is -2.11. The van der Waals surface area contributed by atoms with Crippen molar-refractivity contribution in [1.82, 2.24) is 10.9 Å². The van der Waals surface area contributed by atoms with Gasteiger partial charge >= 0.3 is 0 Å². The quantitative estimate of drug-likeness (QED) is 0.429. The third kappa shape index (κ3) is 0.836. The normalized spacial score (nSPS) is 30.3. The van der Waals surface area contributed by atoms with Crippen molar-refractivity contribution in [2.24, 2.45) is 0 Å². The van der Waals surface area contributed by atoms with Gasteiger partial charge in [0.2, 0.25) is 0 Å². The molecule has 1 aliphatic carbocycles. The van der Waals surface area contributed by atoms with Crippen LogP contribution in [0.25, 0.3) is 0 Å². The molecule has 0 fully saturated rings. The minimum Gasteiger partial charge on any atom is -0.389 e. The maximum absolute atomic E-state index is 9.18. The molecule has 2 rings (SSSR count). The van der Waals surface area contributed by atoms with Gasteiger partial charge in [0.25, 0.3) is 0 Å². The van der Waals surface area contributed by atoms with Gasteiger partial charge in [-0.3, -0.25) is 0 Å². The number of hydrogen-bond donors (Lipinski definition) is 3. The molecule has 1 atom stereocenters. The van der Waals surface area contributed by atoms with Crippen LogP contribution in [-0.4, -0.2) is 17.8 Å². The van der Waals surface area contributed by atoms with E-state index in [-0.39, 0.29) is 6.10 Å². The Bertz CT molecular complexity index is 208. The minimum atomic E-state index is -0.277. The first-order valence-corrected chi connectivity index (χ1v) is 3.43. The molecule has 3 N–H and O–H groups in total. The lowest BCUT2D eigenvalue weighted by atomic mass is 10.0. The highest BCUT2D eigenvalue weighted by Gasteiger charge is 2.17. The molecule has 0 radical (unpaired) electrons.